The van der Waals surface area contributed by atoms with Crippen LogP contribution in [-0.4, -0.2) is 69.2 Å². The molecule has 0 aromatic carbocycles. The Morgan fingerprint density at radius 3 is 2.35 bits per heavy atom. The molecule has 2 heterocycles. The third-order valence-corrected chi connectivity index (χ3v) is 6.41. The maximum Gasteiger partial charge on any atom is 0.214 e. The molecule has 0 bridgehead atoms. The van der Waals surface area contributed by atoms with Gasteiger partial charge in [-0.25, -0.2) is 8.42 Å². The molecule has 0 unspecified atom stereocenters. The summed E-state index contributed by atoms with van der Waals surface area (Å²) in [6, 6.07) is 0. The highest BCUT2D eigenvalue weighted by Crippen LogP contribution is 2.18. The summed E-state index contributed by atoms with van der Waals surface area (Å²) in [5.74, 6) is 0.929. The second-order valence-corrected chi connectivity index (χ2v) is 8.13. The van der Waals surface area contributed by atoms with Gasteiger partial charge in [-0.2, -0.15) is 4.31 Å². The molecule has 5 nitrogen and oxygen atoms in total. The SMILES string of the molecule is CCCN1CCN(S(=O)(=O)CCC2CCNCC2)CC1. The summed E-state index contributed by atoms with van der Waals surface area (Å²) in [5.41, 5.74) is 0. The zero-order valence-electron chi connectivity index (χ0n) is 12.7. The fourth-order valence-electron chi connectivity index (χ4n) is 3.16. The van der Waals surface area contributed by atoms with Gasteiger partial charge in [-0.1, -0.05) is 6.92 Å². The second kappa shape index (κ2) is 7.73. The van der Waals surface area contributed by atoms with E-state index in [4.69, 9.17) is 0 Å². The van der Waals surface area contributed by atoms with E-state index in [9.17, 15) is 8.42 Å². The van der Waals surface area contributed by atoms with Crippen molar-refractivity contribution in [1.29, 1.82) is 0 Å². The van der Waals surface area contributed by atoms with Crippen molar-refractivity contribution in [3.05, 3.63) is 0 Å². The maximum atomic E-state index is 12.4. The van der Waals surface area contributed by atoms with Crippen molar-refractivity contribution in [3.8, 4) is 0 Å². The van der Waals surface area contributed by atoms with Gasteiger partial charge in [0.05, 0.1) is 5.75 Å². The van der Waals surface area contributed by atoms with Crippen LogP contribution < -0.4 is 5.32 Å². The van der Waals surface area contributed by atoms with E-state index in [1.807, 2.05) is 0 Å². The van der Waals surface area contributed by atoms with Gasteiger partial charge >= 0.3 is 0 Å². The fraction of sp³-hybridized carbons (Fsp3) is 1.00. The Labute approximate surface area is 123 Å². The molecule has 2 rings (SSSR count). The molecule has 2 aliphatic heterocycles. The molecule has 0 aliphatic carbocycles. The third-order valence-electron chi connectivity index (χ3n) is 4.51. The number of nitrogens with one attached hydrogen (secondary N) is 1. The van der Waals surface area contributed by atoms with E-state index < -0.39 is 10.0 Å². The number of piperazine rings is 1. The normalized spacial score (nSPS) is 24.1. The quantitative estimate of drug-likeness (QED) is 0.786. The van der Waals surface area contributed by atoms with Crippen LogP contribution in [0.2, 0.25) is 0 Å². The summed E-state index contributed by atoms with van der Waals surface area (Å²) in [4.78, 5) is 2.36. The van der Waals surface area contributed by atoms with Gasteiger partial charge in [0.1, 0.15) is 0 Å². The number of rotatable bonds is 6. The first-order valence-corrected chi connectivity index (χ1v) is 9.63. The number of sulfonamides is 1. The predicted octanol–water partition coefficient (Wildman–Crippen LogP) is 0.734. The molecule has 0 aromatic heterocycles. The standard InChI is InChI=1S/C14H29N3O2S/c1-2-8-16-9-11-17(12-10-16)20(18,19)13-5-14-3-6-15-7-4-14/h14-15H,2-13H2,1H3. The van der Waals surface area contributed by atoms with Gasteiger partial charge in [0.25, 0.3) is 0 Å². The smallest absolute Gasteiger partial charge is 0.214 e. The summed E-state index contributed by atoms with van der Waals surface area (Å²) in [5, 5.41) is 3.33. The van der Waals surface area contributed by atoms with Gasteiger partial charge in [0, 0.05) is 26.2 Å². The highest BCUT2D eigenvalue weighted by Gasteiger charge is 2.27. The van der Waals surface area contributed by atoms with Gasteiger partial charge in [0.2, 0.25) is 10.0 Å². The van der Waals surface area contributed by atoms with Crippen LogP contribution >= 0.6 is 0 Å². The lowest BCUT2D eigenvalue weighted by molar-refractivity contribution is 0.188. The summed E-state index contributed by atoms with van der Waals surface area (Å²) in [6.07, 6.45) is 4.22. The van der Waals surface area contributed by atoms with Crippen LogP contribution in [-0.2, 0) is 10.0 Å². The van der Waals surface area contributed by atoms with Crippen molar-refractivity contribution in [1.82, 2.24) is 14.5 Å². The van der Waals surface area contributed by atoms with Crippen molar-refractivity contribution in [2.75, 3.05) is 51.6 Å². The van der Waals surface area contributed by atoms with Gasteiger partial charge in [-0.3, -0.25) is 0 Å². The molecule has 2 saturated heterocycles. The average molecular weight is 303 g/mol. The zero-order chi connectivity index (χ0) is 14.4. The first-order chi connectivity index (χ1) is 9.62. The average Bonchev–Trinajstić information content (AvgIpc) is 2.47. The summed E-state index contributed by atoms with van der Waals surface area (Å²) >= 11 is 0. The molecule has 20 heavy (non-hydrogen) atoms. The first kappa shape index (κ1) is 16.2. The zero-order valence-corrected chi connectivity index (χ0v) is 13.5. The third kappa shape index (κ3) is 4.69. The van der Waals surface area contributed by atoms with Gasteiger partial charge in [-0.15, -0.1) is 0 Å². The van der Waals surface area contributed by atoms with Crippen molar-refractivity contribution in [3.63, 3.8) is 0 Å². The van der Waals surface area contributed by atoms with E-state index in [1.165, 1.54) is 0 Å². The molecular formula is C14H29N3O2S. The van der Waals surface area contributed by atoms with E-state index in [0.29, 0.717) is 24.8 Å². The molecule has 0 atom stereocenters. The van der Waals surface area contributed by atoms with Crippen LogP contribution in [0.5, 0.6) is 0 Å². The Morgan fingerprint density at radius 1 is 1.10 bits per heavy atom. The monoisotopic (exact) mass is 303 g/mol. The molecule has 0 aromatic rings. The van der Waals surface area contributed by atoms with Crippen molar-refractivity contribution in [2.24, 2.45) is 5.92 Å². The molecule has 2 aliphatic rings. The molecule has 1 N–H and O–H groups in total. The lowest BCUT2D eigenvalue weighted by Gasteiger charge is -2.34. The van der Waals surface area contributed by atoms with Crippen molar-refractivity contribution < 1.29 is 8.42 Å². The minimum Gasteiger partial charge on any atom is -0.317 e. The summed E-state index contributed by atoms with van der Waals surface area (Å²) in [7, 11) is -3.03. The van der Waals surface area contributed by atoms with Gasteiger partial charge in [0.15, 0.2) is 0 Å². The van der Waals surface area contributed by atoms with Crippen LogP contribution in [0.3, 0.4) is 0 Å². The Balaban J connectivity index is 1.75. The molecule has 0 amide bonds. The molecule has 2 fully saturated rings. The molecular weight excluding hydrogens is 274 g/mol. The maximum absolute atomic E-state index is 12.4. The van der Waals surface area contributed by atoms with E-state index in [2.05, 4.69) is 17.1 Å². The summed E-state index contributed by atoms with van der Waals surface area (Å²) in [6.45, 7) is 8.47. The van der Waals surface area contributed by atoms with Crippen molar-refractivity contribution >= 4 is 10.0 Å². The lowest BCUT2D eigenvalue weighted by atomic mass is 9.96. The topological polar surface area (TPSA) is 52.7 Å². The van der Waals surface area contributed by atoms with Crippen LogP contribution in [0.15, 0.2) is 0 Å². The second-order valence-electron chi connectivity index (χ2n) is 6.04. The van der Waals surface area contributed by atoms with Gasteiger partial charge < -0.3 is 10.2 Å². The lowest BCUT2D eigenvalue weighted by Crippen LogP contribution is -2.49. The molecule has 118 valence electrons. The Bertz CT molecular complexity index is 372. The fourth-order valence-corrected chi connectivity index (χ4v) is 4.77. The van der Waals surface area contributed by atoms with Crippen LogP contribution in [0.4, 0.5) is 0 Å². The van der Waals surface area contributed by atoms with Crippen LogP contribution in [0.25, 0.3) is 0 Å². The van der Waals surface area contributed by atoms with Crippen LogP contribution in [0.1, 0.15) is 32.6 Å². The molecule has 0 spiro atoms. The first-order valence-electron chi connectivity index (χ1n) is 8.02. The number of piperidine rings is 1. The summed E-state index contributed by atoms with van der Waals surface area (Å²) < 4.78 is 26.5. The molecule has 6 heteroatoms. The van der Waals surface area contributed by atoms with Crippen molar-refractivity contribution in [2.45, 2.75) is 32.6 Å². The van der Waals surface area contributed by atoms with E-state index in [0.717, 1.165) is 58.4 Å². The molecule has 0 radical (unpaired) electrons. The number of hydrogen-bond acceptors (Lipinski definition) is 4. The number of hydrogen-bond donors (Lipinski definition) is 1. The largest absolute Gasteiger partial charge is 0.317 e. The van der Waals surface area contributed by atoms with E-state index >= 15 is 0 Å². The Hall–Kier alpha value is -0.170. The van der Waals surface area contributed by atoms with Gasteiger partial charge in [-0.05, 0) is 51.2 Å². The highest BCUT2D eigenvalue weighted by atomic mass is 32.2. The predicted molar refractivity (Wildman–Crippen MR) is 82.3 cm³/mol. The Morgan fingerprint density at radius 2 is 1.75 bits per heavy atom. The minimum absolute atomic E-state index is 0.339. The van der Waals surface area contributed by atoms with E-state index in [1.54, 1.807) is 4.31 Å². The Kier molecular flexibility index (Phi) is 6.26. The highest BCUT2D eigenvalue weighted by molar-refractivity contribution is 7.89. The number of nitrogens with zero attached hydrogens (tertiary/aromatic N) is 2. The minimum atomic E-state index is -3.03. The van der Waals surface area contributed by atoms with Crippen LogP contribution in [0, 0.1) is 5.92 Å². The molecule has 0 saturated carbocycles. The van der Waals surface area contributed by atoms with E-state index in [-0.39, 0.29) is 0 Å².